The number of esters is 1. The largest absolute Gasteiger partial charge is 0.469 e. The SMILES string of the molecule is CC[C@H]1CN(C(=O)c2ccnc(Cl)c2)CC[C@H]1CC(=O)OC. The normalized spacial score (nSPS) is 21.5. The first kappa shape index (κ1) is 16.7. The van der Waals surface area contributed by atoms with Crippen LogP contribution >= 0.6 is 11.6 Å². The topological polar surface area (TPSA) is 59.5 Å². The predicted octanol–water partition coefficient (Wildman–Crippen LogP) is 2.79. The summed E-state index contributed by atoms with van der Waals surface area (Å²) in [6.07, 6.45) is 3.72. The second-order valence-corrected chi connectivity index (χ2v) is 6.00. The highest BCUT2D eigenvalue weighted by molar-refractivity contribution is 6.29. The Morgan fingerprint density at radius 3 is 2.86 bits per heavy atom. The minimum Gasteiger partial charge on any atom is -0.469 e. The lowest BCUT2D eigenvalue weighted by Crippen LogP contribution is -2.44. The third-order valence-corrected chi connectivity index (χ3v) is 4.54. The van der Waals surface area contributed by atoms with Crippen molar-refractivity contribution in [1.82, 2.24) is 9.88 Å². The molecule has 22 heavy (non-hydrogen) atoms. The number of amides is 1. The molecule has 1 aliphatic heterocycles. The smallest absolute Gasteiger partial charge is 0.305 e. The maximum atomic E-state index is 12.5. The van der Waals surface area contributed by atoms with E-state index < -0.39 is 0 Å². The molecule has 120 valence electrons. The minimum atomic E-state index is -0.177. The van der Waals surface area contributed by atoms with Gasteiger partial charge in [-0.3, -0.25) is 9.59 Å². The Hall–Kier alpha value is -1.62. The van der Waals surface area contributed by atoms with Crippen molar-refractivity contribution in [2.45, 2.75) is 26.2 Å². The summed E-state index contributed by atoms with van der Waals surface area (Å²) in [5.41, 5.74) is 0.557. The van der Waals surface area contributed by atoms with Crippen LogP contribution in [0, 0.1) is 11.8 Å². The fourth-order valence-corrected chi connectivity index (χ4v) is 3.19. The number of nitrogens with zero attached hydrogens (tertiary/aromatic N) is 2. The van der Waals surface area contributed by atoms with Crippen molar-refractivity contribution in [3.8, 4) is 0 Å². The van der Waals surface area contributed by atoms with Crippen LogP contribution in [0.3, 0.4) is 0 Å². The third-order valence-electron chi connectivity index (χ3n) is 4.33. The number of ether oxygens (including phenoxy) is 1. The van der Waals surface area contributed by atoms with Gasteiger partial charge in [0, 0.05) is 31.3 Å². The zero-order chi connectivity index (χ0) is 16.1. The molecule has 1 aromatic rings. The van der Waals surface area contributed by atoms with Crippen LogP contribution in [-0.4, -0.2) is 42.0 Å². The average molecular weight is 325 g/mol. The van der Waals surface area contributed by atoms with Gasteiger partial charge in [0.2, 0.25) is 0 Å². The van der Waals surface area contributed by atoms with Crippen molar-refractivity contribution < 1.29 is 14.3 Å². The van der Waals surface area contributed by atoms with Crippen molar-refractivity contribution in [3.63, 3.8) is 0 Å². The van der Waals surface area contributed by atoms with Gasteiger partial charge in [-0.05, 0) is 30.4 Å². The summed E-state index contributed by atoms with van der Waals surface area (Å²) in [6.45, 7) is 3.40. The molecule has 1 amide bonds. The number of piperidine rings is 1. The number of pyridine rings is 1. The molecule has 0 aromatic carbocycles. The molecule has 1 saturated heterocycles. The Balaban J connectivity index is 2.03. The number of methoxy groups -OCH3 is 1. The molecule has 0 radical (unpaired) electrons. The van der Waals surface area contributed by atoms with Crippen LogP contribution in [-0.2, 0) is 9.53 Å². The molecule has 6 heteroatoms. The van der Waals surface area contributed by atoms with Crippen LogP contribution in [0.5, 0.6) is 0 Å². The summed E-state index contributed by atoms with van der Waals surface area (Å²) in [6, 6.07) is 3.26. The fourth-order valence-electron chi connectivity index (χ4n) is 3.01. The second kappa shape index (κ2) is 7.58. The molecule has 0 aliphatic carbocycles. The Morgan fingerprint density at radius 2 is 2.23 bits per heavy atom. The molecule has 1 fully saturated rings. The Bertz CT molecular complexity index is 550. The van der Waals surface area contributed by atoms with Crippen LogP contribution in [0.2, 0.25) is 5.15 Å². The number of hydrogen-bond acceptors (Lipinski definition) is 4. The zero-order valence-electron chi connectivity index (χ0n) is 12.9. The average Bonchev–Trinajstić information content (AvgIpc) is 2.54. The number of carbonyl (C=O) groups is 2. The molecule has 0 spiro atoms. The molecule has 5 nitrogen and oxygen atoms in total. The van der Waals surface area contributed by atoms with Crippen LogP contribution in [0.25, 0.3) is 0 Å². The van der Waals surface area contributed by atoms with Gasteiger partial charge < -0.3 is 9.64 Å². The summed E-state index contributed by atoms with van der Waals surface area (Å²) < 4.78 is 4.76. The summed E-state index contributed by atoms with van der Waals surface area (Å²) in [4.78, 5) is 29.8. The summed E-state index contributed by atoms with van der Waals surface area (Å²) >= 11 is 5.85. The Labute approximate surface area is 135 Å². The number of rotatable bonds is 4. The van der Waals surface area contributed by atoms with Gasteiger partial charge in [0.25, 0.3) is 5.91 Å². The molecule has 2 atom stereocenters. The first-order chi connectivity index (χ1) is 10.5. The van der Waals surface area contributed by atoms with E-state index in [9.17, 15) is 9.59 Å². The van der Waals surface area contributed by atoms with Gasteiger partial charge in [-0.25, -0.2) is 4.98 Å². The van der Waals surface area contributed by atoms with Gasteiger partial charge in [0.05, 0.1) is 7.11 Å². The van der Waals surface area contributed by atoms with E-state index >= 15 is 0 Å². The molecule has 2 heterocycles. The van der Waals surface area contributed by atoms with Gasteiger partial charge >= 0.3 is 5.97 Å². The highest BCUT2D eigenvalue weighted by Gasteiger charge is 2.32. The lowest BCUT2D eigenvalue weighted by Gasteiger charge is -2.38. The molecular weight excluding hydrogens is 304 g/mol. The Kier molecular flexibility index (Phi) is 5.77. The van der Waals surface area contributed by atoms with Gasteiger partial charge in [-0.2, -0.15) is 0 Å². The van der Waals surface area contributed by atoms with E-state index in [1.165, 1.54) is 13.3 Å². The van der Waals surface area contributed by atoms with Crippen molar-refractivity contribution >= 4 is 23.5 Å². The fraction of sp³-hybridized carbons (Fsp3) is 0.562. The predicted molar refractivity (Wildman–Crippen MR) is 83.7 cm³/mol. The molecule has 0 bridgehead atoms. The molecule has 0 saturated carbocycles. The first-order valence-electron chi connectivity index (χ1n) is 7.52. The van der Waals surface area contributed by atoms with E-state index in [0.29, 0.717) is 36.1 Å². The maximum Gasteiger partial charge on any atom is 0.305 e. The molecular formula is C16H21ClN2O3. The number of aromatic nitrogens is 1. The summed E-state index contributed by atoms with van der Waals surface area (Å²) in [5.74, 6) is 0.389. The summed E-state index contributed by atoms with van der Waals surface area (Å²) in [7, 11) is 1.41. The van der Waals surface area contributed by atoms with Crippen molar-refractivity contribution in [3.05, 3.63) is 29.0 Å². The van der Waals surface area contributed by atoms with E-state index in [1.807, 2.05) is 4.90 Å². The molecule has 1 aliphatic rings. The number of halogens is 1. The van der Waals surface area contributed by atoms with E-state index in [-0.39, 0.29) is 17.8 Å². The zero-order valence-corrected chi connectivity index (χ0v) is 13.7. The van der Waals surface area contributed by atoms with E-state index in [2.05, 4.69) is 11.9 Å². The summed E-state index contributed by atoms with van der Waals surface area (Å²) in [5, 5.41) is 0.318. The Morgan fingerprint density at radius 1 is 1.45 bits per heavy atom. The lowest BCUT2D eigenvalue weighted by molar-refractivity contribution is -0.142. The van der Waals surface area contributed by atoms with Crippen LogP contribution in [0.4, 0.5) is 0 Å². The van der Waals surface area contributed by atoms with Gasteiger partial charge in [0.15, 0.2) is 0 Å². The maximum absolute atomic E-state index is 12.5. The van der Waals surface area contributed by atoms with E-state index in [1.54, 1.807) is 12.1 Å². The van der Waals surface area contributed by atoms with Gasteiger partial charge in [-0.1, -0.05) is 24.9 Å². The highest BCUT2D eigenvalue weighted by Crippen LogP contribution is 2.30. The monoisotopic (exact) mass is 324 g/mol. The number of hydrogen-bond donors (Lipinski definition) is 0. The highest BCUT2D eigenvalue weighted by atomic mass is 35.5. The van der Waals surface area contributed by atoms with Crippen LogP contribution < -0.4 is 0 Å². The van der Waals surface area contributed by atoms with Crippen molar-refractivity contribution in [1.29, 1.82) is 0 Å². The number of likely N-dealkylation sites (tertiary alicyclic amines) is 1. The van der Waals surface area contributed by atoms with Crippen LogP contribution in [0.15, 0.2) is 18.3 Å². The van der Waals surface area contributed by atoms with Gasteiger partial charge in [0.1, 0.15) is 5.15 Å². The van der Waals surface area contributed by atoms with E-state index in [0.717, 1.165) is 12.8 Å². The van der Waals surface area contributed by atoms with Gasteiger partial charge in [-0.15, -0.1) is 0 Å². The van der Waals surface area contributed by atoms with Crippen molar-refractivity contribution in [2.24, 2.45) is 11.8 Å². The molecule has 2 rings (SSSR count). The second-order valence-electron chi connectivity index (χ2n) is 5.62. The van der Waals surface area contributed by atoms with Crippen molar-refractivity contribution in [2.75, 3.05) is 20.2 Å². The standard InChI is InChI=1S/C16H21ClN2O3/c1-3-11-10-19(7-5-12(11)9-15(20)22-2)16(21)13-4-6-18-14(17)8-13/h4,6,8,11-12H,3,5,7,9-10H2,1-2H3/t11-,12-/m0/s1. The lowest BCUT2D eigenvalue weighted by atomic mass is 9.81. The van der Waals surface area contributed by atoms with E-state index in [4.69, 9.17) is 16.3 Å². The number of carbonyl (C=O) groups excluding carboxylic acids is 2. The van der Waals surface area contributed by atoms with Crippen LogP contribution in [0.1, 0.15) is 36.5 Å². The quantitative estimate of drug-likeness (QED) is 0.631. The molecule has 0 N–H and O–H groups in total. The minimum absolute atomic E-state index is 0.0285. The molecule has 0 unspecified atom stereocenters. The third kappa shape index (κ3) is 3.97. The molecule has 1 aromatic heterocycles. The first-order valence-corrected chi connectivity index (χ1v) is 7.90.